The predicted molar refractivity (Wildman–Crippen MR) is 36.7 cm³/mol. The molecule has 0 spiro atoms. The number of carbonyl (C=O) groups excluding carboxylic acids is 1. The maximum absolute atomic E-state index is 10.6. The van der Waals surface area contributed by atoms with Crippen molar-refractivity contribution < 1.29 is 14.7 Å². The van der Waals surface area contributed by atoms with E-state index in [1.54, 1.807) is 0 Å². The van der Waals surface area contributed by atoms with E-state index in [0.717, 1.165) is 0 Å². The number of rotatable bonds is 4. The Kier molecular flexibility index (Phi) is 3.69. The summed E-state index contributed by atoms with van der Waals surface area (Å²) < 4.78 is 0. The Hall–Kier alpha value is -0.860. The minimum Gasteiger partial charge on any atom is -0.481 e. The largest absolute Gasteiger partial charge is 0.481 e. The molecule has 1 unspecified atom stereocenters. The molecule has 0 aliphatic heterocycles. The monoisotopic (exact) mass is 144 g/mol. The molecule has 3 nitrogen and oxygen atoms in total. The van der Waals surface area contributed by atoms with Gasteiger partial charge < -0.3 is 5.11 Å². The van der Waals surface area contributed by atoms with Crippen LogP contribution in [0.5, 0.6) is 0 Å². The molecule has 0 heterocycles. The van der Waals surface area contributed by atoms with E-state index in [2.05, 4.69) is 0 Å². The number of carboxylic acid groups (broad SMARTS) is 1. The predicted octanol–water partition coefficient (Wildman–Crippen LogP) is 1.08. The third-order valence-electron chi connectivity index (χ3n) is 1.49. The van der Waals surface area contributed by atoms with Gasteiger partial charge in [-0.2, -0.15) is 0 Å². The van der Waals surface area contributed by atoms with Gasteiger partial charge in [0.2, 0.25) is 0 Å². The molecule has 3 heteroatoms. The van der Waals surface area contributed by atoms with Gasteiger partial charge in [-0.1, -0.05) is 6.92 Å². The zero-order valence-corrected chi connectivity index (χ0v) is 6.26. The molecule has 0 aromatic carbocycles. The summed E-state index contributed by atoms with van der Waals surface area (Å²) >= 11 is 0. The zero-order valence-electron chi connectivity index (χ0n) is 6.26. The van der Waals surface area contributed by atoms with Crippen LogP contribution in [0.15, 0.2) is 0 Å². The molecule has 0 bridgehead atoms. The third-order valence-corrected chi connectivity index (χ3v) is 1.49. The smallest absolute Gasteiger partial charge is 0.304 e. The van der Waals surface area contributed by atoms with E-state index in [1.807, 2.05) is 6.92 Å². The van der Waals surface area contributed by atoms with Gasteiger partial charge in [-0.3, -0.25) is 9.59 Å². The Labute approximate surface area is 60.0 Å². The van der Waals surface area contributed by atoms with Crippen LogP contribution in [0.3, 0.4) is 0 Å². The highest BCUT2D eigenvalue weighted by molar-refractivity contribution is 5.82. The molecule has 0 amide bonds. The molecule has 0 aromatic heterocycles. The Bertz CT molecular complexity index is 140. The van der Waals surface area contributed by atoms with Crippen LogP contribution in [0.4, 0.5) is 0 Å². The summed E-state index contributed by atoms with van der Waals surface area (Å²) in [5.41, 5.74) is 0. The minimum atomic E-state index is -0.901. The lowest BCUT2D eigenvalue weighted by Crippen LogP contribution is -2.14. The molecule has 0 fully saturated rings. The van der Waals surface area contributed by atoms with E-state index in [0.29, 0.717) is 6.42 Å². The second-order valence-corrected chi connectivity index (χ2v) is 2.31. The first-order valence-corrected chi connectivity index (χ1v) is 3.30. The van der Waals surface area contributed by atoms with Gasteiger partial charge >= 0.3 is 5.97 Å². The SMILES string of the molecule is CCC(CC(=O)O)C(C)=O. The van der Waals surface area contributed by atoms with Crippen molar-refractivity contribution in [3.63, 3.8) is 0 Å². The molecule has 0 saturated carbocycles. The second-order valence-electron chi connectivity index (χ2n) is 2.31. The lowest BCUT2D eigenvalue weighted by molar-refractivity contribution is -0.140. The molecular weight excluding hydrogens is 132 g/mol. The van der Waals surface area contributed by atoms with Crippen LogP contribution in [0.1, 0.15) is 26.7 Å². The van der Waals surface area contributed by atoms with Gasteiger partial charge in [0.25, 0.3) is 0 Å². The van der Waals surface area contributed by atoms with Crippen LogP contribution in [0.25, 0.3) is 0 Å². The zero-order chi connectivity index (χ0) is 8.15. The number of hydrogen-bond donors (Lipinski definition) is 1. The molecule has 10 heavy (non-hydrogen) atoms. The first kappa shape index (κ1) is 9.14. The molecule has 0 aliphatic carbocycles. The fourth-order valence-electron chi connectivity index (χ4n) is 0.786. The van der Waals surface area contributed by atoms with E-state index in [9.17, 15) is 9.59 Å². The van der Waals surface area contributed by atoms with Crippen molar-refractivity contribution in [2.45, 2.75) is 26.7 Å². The van der Waals surface area contributed by atoms with Gasteiger partial charge in [0.15, 0.2) is 0 Å². The summed E-state index contributed by atoms with van der Waals surface area (Å²) in [7, 11) is 0. The van der Waals surface area contributed by atoms with E-state index in [1.165, 1.54) is 6.92 Å². The van der Waals surface area contributed by atoms with Gasteiger partial charge in [-0.15, -0.1) is 0 Å². The molecule has 0 aromatic rings. The first-order valence-electron chi connectivity index (χ1n) is 3.30. The summed E-state index contributed by atoms with van der Waals surface area (Å²) in [4.78, 5) is 20.8. The van der Waals surface area contributed by atoms with Crippen molar-refractivity contribution >= 4 is 11.8 Å². The van der Waals surface area contributed by atoms with Crippen LogP contribution in [-0.2, 0) is 9.59 Å². The average molecular weight is 144 g/mol. The highest BCUT2D eigenvalue weighted by Gasteiger charge is 2.14. The van der Waals surface area contributed by atoms with Gasteiger partial charge in [0.1, 0.15) is 5.78 Å². The maximum atomic E-state index is 10.6. The molecule has 0 radical (unpaired) electrons. The fraction of sp³-hybridized carbons (Fsp3) is 0.714. The Morgan fingerprint density at radius 2 is 2.00 bits per heavy atom. The lowest BCUT2D eigenvalue weighted by Gasteiger charge is -2.05. The van der Waals surface area contributed by atoms with Gasteiger partial charge in [-0.05, 0) is 13.3 Å². The summed E-state index contributed by atoms with van der Waals surface area (Å²) in [6.07, 6.45) is 0.577. The summed E-state index contributed by atoms with van der Waals surface area (Å²) in [5, 5.41) is 8.31. The number of hydrogen-bond acceptors (Lipinski definition) is 2. The van der Waals surface area contributed by atoms with Gasteiger partial charge in [0.05, 0.1) is 6.42 Å². The minimum absolute atomic E-state index is 0.0359. The average Bonchev–Trinajstić information content (AvgIpc) is 1.81. The summed E-state index contributed by atoms with van der Waals surface area (Å²) in [6.45, 7) is 3.24. The van der Waals surface area contributed by atoms with E-state index in [4.69, 9.17) is 5.11 Å². The van der Waals surface area contributed by atoms with Gasteiger partial charge in [-0.25, -0.2) is 0 Å². The molecule has 1 atom stereocenters. The van der Waals surface area contributed by atoms with Crippen molar-refractivity contribution in [1.29, 1.82) is 0 Å². The van der Waals surface area contributed by atoms with Crippen LogP contribution in [-0.4, -0.2) is 16.9 Å². The van der Waals surface area contributed by atoms with Crippen molar-refractivity contribution in [3.05, 3.63) is 0 Å². The number of Topliss-reactive ketones (excluding diaryl/α,β-unsaturated/α-hetero) is 1. The Morgan fingerprint density at radius 1 is 1.50 bits per heavy atom. The fourth-order valence-corrected chi connectivity index (χ4v) is 0.786. The molecule has 0 rings (SSSR count). The van der Waals surface area contributed by atoms with Crippen LogP contribution in [0.2, 0.25) is 0 Å². The molecule has 1 N–H and O–H groups in total. The van der Waals surface area contributed by atoms with Crippen molar-refractivity contribution in [3.8, 4) is 0 Å². The molecule has 58 valence electrons. The lowest BCUT2D eigenvalue weighted by atomic mass is 9.99. The Balaban J connectivity index is 3.83. The van der Waals surface area contributed by atoms with Gasteiger partial charge in [0, 0.05) is 5.92 Å². The molecule has 0 aliphatic rings. The summed E-state index contributed by atoms with van der Waals surface area (Å²) in [5.74, 6) is -1.23. The van der Waals surface area contributed by atoms with E-state index >= 15 is 0 Å². The quantitative estimate of drug-likeness (QED) is 0.642. The first-order chi connectivity index (χ1) is 4.57. The summed E-state index contributed by atoms with van der Waals surface area (Å²) in [6, 6.07) is 0. The maximum Gasteiger partial charge on any atom is 0.304 e. The van der Waals surface area contributed by atoms with E-state index < -0.39 is 5.97 Å². The second kappa shape index (κ2) is 4.04. The molecular formula is C7H12O3. The number of carboxylic acids is 1. The topological polar surface area (TPSA) is 54.4 Å². The number of carbonyl (C=O) groups is 2. The standard InChI is InChI=1S/C7H12O3/c1-3-6(5(2)8)4-7(9)10/h6H,3-4H2,1-2H3,(H,9,10). The molecule has 0 saturated heterocycles. The van der Waals surface area contributed by atoms with Crippen molar-refractivity contribution in [1.82, 2.24) is 0 Å². The highest BCUT2D eigenvalue weighted by atomic mass is 16.4. The normalized spacial score (nSPS) is 12.6. The number of ketones is 1. The third kappa shape index (κ3) is 3.22. The Morgan fingerprint density at radius 3 is 2.10 bits per heavy atom. The highest BCUT2D eigenvalue weighted by Crippen LogP contribution is 2.08. The van der Waals surface area contributed by atoms with E-state index in [-0.39, 0.29) is 18.1 Å². The van der Waals surface area contributed by atoms with Crippen molar-refractivity contribution in [2.24, 2.45) is 5.92 Å². The van der Waals surface area contributed by atoms with Crippen molar-refractivity contribution in [2.75, 3.05) is 0 Å². The number of aliphatic carboxylic acids is 1. The van der Waals surface area contributed by atoms with Crippen LogP contribution >= 0.6 is 0 Å². The van der Waals surface area contributed by atoms with Crippen LogP contribution < -0.4 is 0 Å². The van der Waals surface area contributed by atoms with Crippen LogP contribution in [0, 0.1) is 5.92 Å².